The van der Waals surface area contributed by atoms with Crippen molar-refractivity contribution in [2.75, 3.05) is 32.7 Å². The molecule has 102 valence electrons. The third-order valence-electron chi connectivity index (χ3n) is 2.70. The number of halogens is 1. The van der Waals surface area contributed by atoms with E-state index in [4.69, 9.17) is 21.1 Å². The Bertz CT molecular complexity index is 333. The predicted molar refractivity (Wildman–Crippen MR) is 75.9 cm³/mol. The molecule has 0 fully saturated rings. The summed E-state index contributed by atoms with van der Waals surface area (Å²) < 4.78 is 10.9. The van der Waals surface area contributed by atoms with Gasteiger partial charge in [-0.05, 0) is 31.0 Å². The monoisotopic (exact) mass is 271 g/mol. The molecule has 0 aliphatic heterocycles. The second-order valence-corrected chi connectivity index (χ2v) is 4.66. The normalized spacial score (nSPS) is 12.2. The van der Waals surface area contributed by atoms with Crippen LogP contribution in [0.25, 0.3) is 0 Å². The second-order valence-electron chi connectivity index (χ2n) is 4.29. The van der Waals surface area contributed by atoms with Gasteiger partial charge >= 0.3 is 0 Å². The fraction of sp³-hybridized carbons (Fsp3) is 0.571. The minimum Gasteiger partial charge on any atom is -0.493 e. The van der Waals surface area contributed by atoms with Gasteiger partial charge in [0.1, 0.15) is 6.61 Å². The van der Waals surface area contributed by atoms with Crippen molar-refractivity contribution >= 4 is 11.6 Å². The molecule has 1 N–H and O–H groups in total. The number of para-hydroxylation sites is 2. The maximum absolute atomic E-state index is 5.68. The van der Waals surface area contributed by atoms with E-state index >= 15 is 0 Å². The quantitative estimate of drug-likeness (QED) is 0.553. The van der Waals surface area contributed by atoms with Crippen LogP contribution in [0.4, 0.5) is 0 Å². The molecule has 4 heteroatoms. The summed E-state index contributed by atoms with van der Waals surface area (Å²) in [5.41, 5.74) is 0. The van der Waals surface area contributed by atoms with Crippen LogP contribution in [0.1, 0.15) is 13.3 Å². The molecule has 0 saturated carbocycles. The fourth-order valence-corrected chi connectivity index (χ4v) is 1.98. The summed E-state index contributed by atoms with van der Waals surface area (Å²) in [6, 6.07) is 7.67. The van der Waals surface area contributed by atoms with Crippen molar-refractivity contribution in [3.63, 3.8) is 0 Å². The van der Waals surface area contributed by atoms with Gasteiger partial charge in [0.15, 0.2) is 11.5 Å². The highest BCUT2D eigenvalue weighted by Crippen LogP contribution is 2.25. The molecule has 1 atom stereocenters. The SMILES string of the molecule is COc1ccccc1OCCNCC(C)CCCl. The molecular weight excluding hydrogens is 250 g/mol. The zero-order valence-corrected chi connectivity index (χ0v) is 11.9. The highest BCUT2D eigenvalue weighted by Gasteiger charge is 2.02. The van der Waals surface area contributed by atoms with E-state index in [1.165, 1.54) is 0 Å². The van der Waals surface area contributed by atoms with Gasteiger partial charge in [-0.2, -0.15) is 0 Å². The van der Waals surface area contributed by atoms with E-state index in [0.29, 0.717) is 12.5 Å². The van der Waals surface area contributed by atoms with Crippen LogP contribution in [0.3, 0.4) is 0 Å². The number of benzene rings is 1. The van der Waals surface area contributed by atoms with Gasteiger partial charge < -0.3 is 14.8 Å². The van der Waals surface area contributed by atoms with Crippen LogP contribution in [-0.2, 0) is 0 Å². The zero-order chi connectivity index (χ0) is 13.2. The van der Waals surface area contributed by atoms with Crippen LogP contribution in [0.5, 0.6) is 11.5 Å². The molecule has 0 heterocycles. The number of alkyl halides is 1. The van der Waals surface area contributed by atoms with Gasteiger partial charge in [0.05, 0.1) is 7.11 Å². The van der Waals surface area contributed by atoms with Crippen LogP contribution >= 0.6 is 11.6 Å². The largest absolute Gasteiger partial charge is 0.493 e. The van der Waals surface area contributed by atoms with Crippen LogP contribution < -0.4 is 14.8 Å². The van der Waals surface area contributed by atoms with Crippen molar-refractivity contribution < 1.29 is 9.47 Å². The average Bonchev–Trinajstić information content (AvgIpc) is 2.39. The molecule has 3 nitrogen and oxygen atoms in total. The number of ether oxygens (including phenoxy) is 2. The van der Waals surface area contributed by atoms with Crippen LogP contribution in [0, 0.1) is 5.92 Å². The standard InChI is InChI=1S/C14H22ClNO2/c1-12(7-8-15)11-16-9-10-18-14-6-4-3-5-13(14)17-2/h3-6,12,16H,7-11H2,1-2H3. The lowest BCUT2D eigenvalue weighted by Crippen LogP contribution is -2.26. The molecule has 0 aliphatic rings. The first-order valence-corrected chi connectivity index (χ1v) is 6.84. The summed E-state index contributed by atoms with van der Waals surface area (Å²) in [5, 5.41) is 3.35. The van der Waals surface area contributed by atoms with Crippen molar-refractivity contribution in [3.8, 4) is 11.5 Å². The molecule has 18 heavy (non-hydrogen) atoms. The number of rotatable bonds is 9. The highest BCUT2D eigenvalue weighted by molar-refractivity contribution is 6.17. The molecule has 0 saturated heterocycles. The maximum Gasteiger partial charge on any atom is 0.161 e. The van der Waals surface area contributed by atoms with Gasteiger partial charge in [0.2, 0.25) is 0 Å². The first kappa shape index (κ1) is 15.1. The van der Waals surface area contributed by atoms with E-state index in [-0.39, 0.29) is 0 Å². The fourth-order valence-electron chi connectivity index (χ4n) is 1.61. The van der Waals surface area contributed by atoms with E-state index in [1.807, 2.05) is 24.3 Å². The molecule has 0 bridgehead atoms. The minimum absolute atomic E-state index is 0.605. The molecule has 0 aliphatic carbocycles. The summed E-state index contributed by atoms with van der Waals surface area (Å²) in [6.45, 7) is 4.62. The second kappa shape index (κ2) is 9.06. The van der Waals surface area contributed by atoms with Gasteiger partial charge in [-0.1, -0.05) is 19.1 Å². The number of hydrogen-bond acceptors (Lipinski definition) is 3. The van der Waals surface area contributed by atoms with Crippen LogP contribution in [0.2, 0.25) is 0 Å². The summed E-state index contributed by atoms with van der Waals surface area (Å²) in [7, 11) is 1.65. The summed E-state index contributed by atoms with van der Waals surface area (Å²) in [6.07, 6.45) is 1.04. The Hall–Kier alpha value is -0.930. The Kier molecular flexibility index (Phi) is 7.62. The van der Waals surface area contributed by atoms with Gasteiger partial charge in [-0.25, -0.2) is 0 Å². The number of methoxy groups -OCH3 is 1. The first-order chi connectivity index (χ1) is 8.77. The molecule has 0 radical (unpaired) electrons. The van der Waals surface area contributed by atoms with E-state index < -0.39 is 0 Å². The van der Waals surface area contributed by atoms with Crippen LogP contribution in [0.15, 0.2) is 24.3 Å². The summed E-state index contributed by atoms with van der Waals surface area (Å²) >= 11 is 5.68. The third-order valence-corrected chi connectivity index (χ3v) is 2.92. The van der Waals surface area contributed by atoms with E-state index in [1.54, 1.807) is 7.11 Å². The Morgan fingerprint density at radius 2 is 2.00 bits per heavy atom. The molecule has 1 rings (SSSR count). The number of nitrogens with one attached hydrogen (secondary N) is 1. The summed E-state index contributed by atoms with van der Waals surface area (Å²) in [5.74, 6) is 2.89. The highest BCUT2D eigenvalue weighted by atomic mass is 35.5. The first-order valence-electron chi connectivity index (χ1n) is 6.30. The molecule has 1 aromatic carbocycles. The molecule has 1 unspecified atom stereocenters. The lowest BCUT2D eigenvalue weighted by molar-refractivity contribution is 0.289. The maximum atomic E-state index is 5.68. The molecule has 1 aromatic rings. The molecular formula is C14H22ClNO2. The Labute approximate surface area is 114 Å². The minimum atomic E-state index is 0.605. The smallest absolute Gasteiger partial charge is 0.161 e. The summed E-state index contributed by atoms with van der Waals surface area (Å²) in [4.78, 5) is 0. The van der Waals surface area contributed by atoms with Gasteiger partial charge in [0.25, 0.3) is 0 Å². The number of hydrogen-bond donors (Lipinski definition) is 1. The molecule has 0 aromatic heterocycles. The lowest BCUT2D eigenvalue weighted by Gasteiger charge is -2.13. The topological polar surface area (TPSA) is 30.5 Å². The third kappa shape index (κ3) is 5.61. The van der Waals surface area contributed by atoms with Crippen molar-refractivity contribution in [2.45, 2.75) is 13.3 Å². The van der Waals surface area contributed by atoms with Gasteiger partial charge in [0, 0.05) is 12.4 Å². The Morgan fingerprint density at radius 3 is 2.67 bits per heavy atom. The Morgan fingerprint density at radius 1 is 1.28 bits per heavy atom. The van der Waals surface area contributed by atoms with Crippen LogP contribution in [-0.4, -0.2) is 32.7 Å². The van der Waals surface area contributed by atoms with E-state index in [2.05, 4.69) is 12.2 Å². The average molecular weight is 272 g/mol. The Balaban J connectivity index is 2.17. The molecule has 0 spiro atoms. The van der Waals surface area contributed by atoms with Crippen molar-refractivity contribution in [1.82, 2.24) is 5.32 Å². The van der Waals surface area contributed by atoms with Gasteiger partial charge in [-0.15, -0.1) is 11.6 Å². The molecule has 0 amide bonds. The van der Waals surface area contributed by atoms with Crippen molar-refractivity contribution in [1.29, 1.82) is 0 Å². The predicted octanol–water partition coefficient (Wildman–Crippen LogP) is 2.93. The van der Waals surface area contributed by atoms with E-state index in [9.17, 15) is 0 Å². The van der Waals surface area contributed by atoms with Crippen molar-refractivity contribution in [3.05, 3.63) is 24.3 Å². The lowest BCUT2D eigenvalue weighted by atomic mass is 10.1. The van der Waals surface area contributed by atoms with E-state index in [0.717, 1.165) is 36.9 Å². The zero-order valence-electron chi connectivity index (χ0n) is 11.1. The van der Waals surface area contributed by atoms with Gasteiger partial charge in [-0.3, -0.25) is 0 Å². The van der Waals surface area contributed by atoms with Crippen molar-refractivity contribution in [2.24, 2.45) is 5.92 Å².